The summed E-state index contributed by atoms with van der Waals surface area (Å²) < 4.78 is 6.79. The molecule has 0 fully saturated rings. The molecule has 1 aromatic heterocycles. The number of rotatable bonds is 2. The van der Waals surface area contributed by atoms with Crippen LogP contribution in [-0.4, -0.2) is 4.98 Å². The van der Waals surface area contributed by atoms with Crippen molar-refractivity contribution < 1.29 is 4.74 Å². The molecule has 2 aromatic carbocycles. The van der Waals surface area contributed by atoms with Crippen molar-refractivity contribution in [1.82, 2.24) is 4.98 Å². The van der Waals surface area contributed by atoms with E-state index in [4.69, 9.17) is 16.3 Å². The van der Waals surface area contributed by atoms with Gasteiger partial charge in [-0.15, -0.1) is 0 Å². The van der Waals surface area contributed by atoms with E-state index in [0.29, 0.717) is 10.2 Å². The highest BCUT2D eigenvalue weighted by molar-refractivity contribution is 7.20. The van der Waals surface area contributed by atoms with E-state index in [2.05, 4.69) is 4.98 Å². The number of benzene rings is 2. The lowest BCUT2D eigenvalue weighted by Crippen LogP contribution is -1.81. The van der Waals surface area contributed by atoms with Gasteiger partial charge in [0.1, 0.15) is 5.75 Å². The van der Waals surface area contributed by atoms with E-state index in [1.165, 1.54) is 11.3 Å². The molecular formula is C13H8ClNOS. The van der Waals surface area contributed by atoms with Gasteiger partial charge in [0.2, 0.25) is 0 Å². The maximum absolute atomic E-state index is 5.81. The zero-order chi connectivity index (χ0) is 11.7. The van der Waals surface area contributed by atoms with Gasteiger partial charge in [-0.25, -0.2) is 4.98 Å². The molecule has 0 bridgehead atoms. The predicted molar refractivity (Wildman–Crippen MR) is 71.1 cm³/mol. The molecule has 84 valence electrons. The van der Waals surface area contributed by atoms with Crippen LogP contribution in [0.2, 0.25) is 5.02 Å². The molecule has 1 heterocycles. The predicted octanol–water partition coefficient (Wildman–Crippen LogP) is 4.74. The lowest BCUT2D eigenvalue weighted by molar-refractivity contribution is 0.480. The van der Waals surface area contributed by atoms with Gasteiger partial charge in [0.05, 0.1) is 10.2 Å². The lowest BCUT2D eigenvalue weighted by Gasteiger charge is -2.00. The van der Waals surface area contributed by atoms with E-state index in [9.17, 15) is 0 Å². The Hall–Kier alpha value is -1.58. The van der Waals surface area contributed by atoms with Crippen LogP contribution in [0.4, 0.5) is 0 Å². The summed E-state index contributed by atoms with van der Waals surface area (Å²) in [4.78, 5) is 4.39. The summed E-state index contributed by atoms with van der Waals surface area (Å²) in [6, 6.07) is 15.2. The molecule has 3 aromatic rings. The molecule has 0 N–H and O–H groups in total. The Morgan fingerprint density at radius 3 is 2.53 bits per heavy atom. The van der Waals surface area contributed by atoms with Gasteiger partial charge in [-0.05, 0) is 36.4 Å². The number of aromatic nitrogens is 1. The fourth-order valence-corrected chi connectivity index (χ4v) is 2.46. The number of nitrogens with zero attached hydrogens (tertiary/aromatic N) is 1. The number of thiazole rings is 1. The zero-order valence-corrected chi connectivity index (χ0v) is 10.3. The SMILES string of the molecule is Clc1ccc(Oc2nc3ccccc3s2)cc1. The zero-order valence-electron chi connectivity index (χ0n) is 8.76. The Labute approximate surface area is 107 Å². The minimum absolute atomic E-state index is 0.647. The first kappa shape index (κ1) is 10.6. The molecule has 0 saturated carbocycles. The lowest BCUT2D eigenvalue weighted by atomic mass is 10.3. The molecule has 17 heavy (non-hydrogen) atoms. The molecule has 0 spiro atoms. The standard InChI is InChI=1S/C13H8ClNOS/c14-9-5-7-10(8-6-9)16-13-15-11-3-1-2-4-12(11)17-13/h1-8H. The minimum Gasteiger partial charge on any atom is -0.431 e. The molecule has 0 aliphatic carbocycles. The smallest absolute Gasteiger partial charge is 0.279 e. The quantitative estimate of drug-likeness (QED) is 0.665. The Morgan fingerprint density at radius 2 is 1.76 bits per heavy atom. The number of halogens is 1. The van der Waals surface area contributed by atoms with E-state index in [1.807, 2.05) is 36.4 Å². The van der Waals surface area contributed by atoms with Gasteiger partial charge in [-0.2, -0.15) is 0 Å². The maximum Gasteiger partial charge on any atom is 0.279 e. The Bertz CT molecular complexity index is 615. The fourth-order valence-electron chi connectivity index (χ4n) is 1.50. The second-order valence-corrected chi connectivity index (χ2v) is 4.93. The fraction of sp³-hybridized carbons (Fsp3) is 0. The number of para-hydroxylation sites is 1. The molecule has 3 rings (SSSR count). The molecule has 4 heteroatoms. The average Bonchev–Trinajstić information content (AvgIpc) is 2.74. The largest absolute Gasteiger partial charge is 0.431 e. The van der Waals surface area contributed by atoms with E-state index in [0.717, 1.165) is 16.0 Å². The van der Waals surface area contributed by atoms with Crippen LogP contribution in [0.1, 0.15) is 0 Å². The Kier molecular flexibility index (Phi) is 2.71. The van der Waals surface area contributed by atoms with Crippen molar-refractivity contribution in [3.8, 4) is 10.9 Å². The first-order valence-corrected chi connectivity index (χ1v) is 6.30. The molecule has 0 radical (unpaired) electrons. The molecule has 0 aliphatic rings. The van der Waals surface area contributed by atoms with Crippen LogP contribution in [0.25, 0.3) is 10.2 Å². The van der Waals surface area contributed by atoms with Crippen molar-refractivity contribution in [1.29, 1.82) is 0 Å². The van der Waals surface area contributed by atoms with Crippen molar-refractivity contribution in [2.24, 2.45) is 0 Å². The molecule has 2 nitrogen and oxygen atoms in total. The average molecular weight is 262 g/mol. The highest BCUT2D eigenvalue weighted by atomic mass is 35.5. The van der Waals surface area contributed by atoms with Crippen molar-refractivity contribution in [2.75, 3.05) is 0 Å². The summed E-state index contributed by atoms with van der Waals surface area (Å²) in [5.74, 6) is 0.744. The van der Waals surface area contributed by atoms with Crippen LogP contribution in [0, 0.1) is 0 Å². The number of hydrogen-bond acceptors (Lipinski definition) is 3. The van der Waals surface area contributed by atoms with Gasteiger partial charge in [0, 0.05) is 5.02 Å². The van der Waals surface area contributed by atoms with Crippen molar-refractivity contribution >= 4 is 33.2 Å². The van der Waals surface area contributed by atoms with Gasteiger partial charge in [-0.1, -0.05) is 35.1 Å². The van der Waals surface area contributed by atoms with Crippen LogP contribution in [0.3, 0.4) is 0 Å². The second-order valence-electron chi connectivity index (χ2n) is 3.50. The van der Waals surface area contributed by atoms with Gasteiger partial charge in [-0.3, -0.25) is 0 Å². The molecule has 0 aliphatic heterocycles. The molecule has 0 saturated heterocycles. The summed E-state index contributed by atoms with van der Waals surface area (Å²) in [6.07, 6.45) is 0. The number of ether oxygens (including phenoxy) is 1. The van der Waals surface area contributed by atoms with Crippen LogP contribution < -0.4 is 4.74 Å². The first-order valence-electron chi connectivity index (χ1n) is 5.10. The van der Waals surface area contributed by atoms with Gasteiger partial charge in [0.25, 0.3) is 5.19 Å². The number of hydrogen-bond donors (Lipinski definition) is 0. The summed E-state index contributed by atoms with van der Waals surface area (Å²) >= 11 is 7.34. The van der Waals surface area contributed by atoms with Crippen LogP contribution in [0.5, 0.6) is 10.9 Å². The molecule has 0 atom stereocenters. The topological polar surface area (TPSA) is 22.1 Å². The van der Waals surface area contributed by atoms with E-state index >= 15 is 0 Å². The van der Waals surface area contributed by atoms with Gasteiger partial charge < -0.3 is 4.74 Å². The number of fused-ring (bicyclic) bond motifs is 1. The van der Waals surface area contributed by atoms with Crippen LogP contribution in [-0.2, 0) is 0 Å². The normalized spacial score (nSPS) is 10.6. The van der Waals surface area contributed by atoms with Crippen molar-refractivity contribution in [2.45, 2.75) is 0 Å². The van der Waals surface area contributed by atoms with Gasteiger partial charge >= 0.3 is 0 Å². The van der Waals surface area contributed by atoms with E-state index in [1.54, 1.807) is 12.1 Å². The third-order valence-corrected chi connectivity index (χ3v) is 3.46. The first-order chi connectivity index (χ1) is 8.31. The highest BCUT2D eigenvalue weighted by Crippen LogP contribution is 2.31. The Morgan fingerprint density at radius 1 is 1.00 bits per heavy atom. The minimum atomic E-state index is 0.647. The maximum atomic E-state index is 5.81. The Balaban J connectivity index is 1.92. The van der Waals surface area contributed by atoms with E-state index in [-0.39, 0.29) is 0 Å². The highest BCUT2D eigenvalue weighted by Gasteiger charge is 2.04. The van der Waals surface area contributed by atoms with Gasteiger partial charge in [0.15, 0.2) is 0 Å². The third kappa shape index (κ3) is 2.25. The summed E-state index contributed by atoms with van der Waals surface area (Å²) in [5.41, 5.74) is 0.960. The van der Waals surface area contributed by atoms with Crippen LogP contribution in [0.15, 0.2) is 48.5 Å². The van der Waals surface area contributed by atoms with Crippen molar-refractivity contribution in [3.05, 3.63) is 53.6 Å². The van der Waals surface area contributed by atoms with E-state index < -0.39 is 0 Å². The third-order valence-electron chi connectivity index (χ3n) is 2.29. The molecule has 0 amide bonds. The second kappa shape index (κ2) is 4.35. The summed E-state index contributed by atoms with van der Waals surface area (Å²) in [5, 5.41) is 1.34. The van der Waals surface area contributed by atoms with Crippen LogP contribution >= 0.6 is 22.9 Å². The molecular weight excluding hydrogens is 254 g/mol. The monoisotopic (exact) mass is 261 g/mol. The molecule has 0 unspecified atom stereocenters. The summed E-state index contributed by atoms with van der Waals surface area (Å²) in [6.45, 7) is 0. The summed E-state index contributed by atoms with van der Waals surface area (Å²) in [7, 11) is 0. The van der Waals surface area contributed by atoms with Crippen molar-refractivity contribution in [3.63, 3.8) is 0 Å².